The first-order valence-corrected chi connectivity index (χ1v) is 12.3. The summed E-state index contributed by atoms with van der Waals surface area (Å²) < 4.78 is 101. The van der Waals surface area contributed by atoms with E-state index < -0.39 is 17.9 Å². The second-order valence-corrected chi connectivity index (χ2v) is 7.96. The molecule has 0 saturated heterocycles. The van der Waals surface area contributed by atoms with Crippen molar-refractivity contribution in [1.82, 2.24) is 0 Å². The fourth-order valence-electron chi connectivity index (χ4n) is 2.78. The Hall–Kier alpha value is -3.36. The van der Waals surface area contributed by atoms with Crippen molar-refractivity contribution in [2.75, 3.05) is 7.18 Å². The molecule has 0 heterocycles. The molecule has 0 bridgehead atoms. The minimum atomic E-state index is -4.58. The van der Waals surface area contributed by atoms with Crippen LogP contribution in [0.1, 0.15) is 52.2 Å². The maximum atomic E-state index is 14.0. The van der Waals surface area contributed by atoms with Crippen molar-refractivity contribution in [3.63, 3.8) is 0 Å². The highest BCUT2D eigenvalue weighted by Crippen LogP contribution is 2.26. The number of hydrogen-bond acceptors (Lipinski definition) is 1. The van der Waals surface area contributed by atoms with Crippen LogP contribution in [0.4, 0.5) is 35.1 Å². The van der Waals surface area contributed by atoms with Gasteiger partial charge in [-0.2, -0.15) is 22.0 Å². The Morgan fingerprint density at radius 1 is 0.925 bits per heavy atom. The van der Waals surface area contributed by atoms with Gasteiger partial charge in [0.15, 0.2) is 0 Å². The van der Waals surface area contributed by atoms with E-state index in [2.05, 4.69) is 11.3 Å². The van der Waals surface area contributed by atoms with E-state index in [1.165, 1.54) is 25.5 Å². The lowest BCUT2D eigenvalue weighted by Gasteiger charge is -2.13. The summed E-state index contributed by atoms with van der Waals surface area (Å²) in [7, 11) is 0.500. The second kappa shape index (κ2) is 19.7. The highest BCUT2D eigenvalue weighted by molar-refractivity contribution is 5.64. The van der Waals surface area contributed by atoms with Crippen molar-refractivity contribution in [3.05, 3.63) is 107 Å². The molecule has 0 atom stereocenters. The maximum absolute atomic E-state index is 14.0. The second-order valence-electron chi connectivity index (χ2n) is 7.96. The van der Waals surface area contributed by atoms with Gasteiger partial charge in [-0.1, -0.05) is 68.5 Å². The molecule has 0 fully saturated rings. The van der Waals surface area contributed by atoms with E-state index in [-0.39, 0.29) is 17.4 Å². The Kier molecular flexibility index (Phi) is 19.1. The SMILES string of the molecule is C/C(F)=C\CCc1ccc(-c2ccc(C)cc2)cc1F.C=C(/C=C\C(=C/C)OC(C)(F)F)C(F)(F)F.CC.CF. The van der Waals surface area contributed by atoms with Gasteiger partial charge in [-0.3, -0.25) is 4.39 Å². The smallest absolute Gasteiger partial charge is 0.415 e. The van der Waals surface area contributed by atoms with Crippen LogP contribution in [0.25, 0.3) is 11.1 Å². The molecule has 0 aliphatic rings. The van der Waals surface area contributed by atoms with Gasteiger partial charge in [0.05, 0.1) is 13.0 Å². The van der Waals surface area contributed by atoms with Gasteiger partial charge in [-0.15, -0.1) is 0 Å². The molecule has 0 aliphatic heterocycles. The number of rotatable bonds is 8. The Bertz CT molecular complexity index is 1090. The zero-order valence-corrected chi connectivity index (χ0v) is 23.9. The average molecular weight is 579 g/mol. The molecular formula is C31H38F8O. The van der Waals surface area contributed by atoms with E-state index in [0.29, 0.717) is 38.6 Å². The van der Waals surface area contributed by atoms with Crippen LogP contribution in [0.3, 0.4) is 0 Å². The third-order valence-electron chi connectivity index (χ3n) is 4.67. The van der Waals surface area contributed by atoms with Crippen LogP contribution >= 0.6 is 0 Å². The number of ether oxygens (including phenoxy) is 1. The molecule has 224 valence electrons. The summed E-state index contributed by atoms with van der Waals surface area (Å²) in [6.45, 7) is 12.0. The Labute approximate surface area is 232 Å². The van der Waals surface area contributed by atoms with Gasteiger partial charge in [-0.25, -0.2) is 8.78 Å². The van der Waals surface area contributed by atoms with Crippen LogP contribution in [0, 0.1) is 12.7 Å². The first kappa shape index (κ1) is 38.8. The minimum absolute atomic E-state index is 0.221. The molecule has 0 amide bonds. The van der Waals surface area contributed by atoms with Crippen LogP contribution in [-0.4, -0.2) is 19.5 Å². The highest BCUT2D eigenvalue weighted by Gasteiger charge is 2.30. The first-order chi connectivity index (χ1) is 18.6. The van der Waals surface area contributed by atoms with E-state index in [9.17, 15) is 35.1 Å². The van der Waals surface area contributed by atoms with E-state index in [1.54, 1.807) is 12.1 Å². The fourth-order valence-corrected chi connectivity index (χ4v) is 2.78. The topological polar surface area (TPSA) is 9.23 Å². The lowest BCUT2D eigenvalue weighted by Crippen LogP contribution is -2.14. The van der Waals surface area contributed by atoms with Crippen LogP contribution in [0.5, 0.6) is 0 Å². The molecule has 0 saturated carbocycles. The zero-order chi connectivity index (χ0) is 31.5. The molecule has 0 spiro atoms. The monoisotopic (exact) mass is 578 g/mol. The molecular weight excluding hydrogens is 540 g/mol. The summed E-state index contributed by atoms with van der Waals surface area (Å²) in [5, 5.41) is 0. The molecule has 0 aliphatic carbocycles. The summed E-state index contributed by atoms with van der Waals surface area (Å²) >= 11 is 0. The van der Waals surface area contributed by atoms with E-state index in [1.807, 2.05) is 51.1 Å². The van der Waals surface area contributed by atoms with Crippen molar-refractivity contribution in [1.29, 1.82) is 0 Å². The van der Waals surface area contributed by atoms with Gasteiger partial charge >= 0.3 is 12.3 Å². The summed E-state index contributed by atoms with van der Waals surface area (Å²) in [5.41, 5.74) is 2.52. The summed E-state index contributed by atoms with van der Waals surface area (Å²) in [4.78, 5) is 0. The minimum Gasteiger partial charge on any atom is -0.433 e. The molecule has 2 aromatic carbocycles. The highest BCUT2D eigenvalue weighted by atomic mass is 19.4. The molecule has 2 rings (SSSR count). The third kappa shape index (κ3) is 17.3. The van der Waals surface area contributed by atoms with Crippen molar-refractivity contribution in [2.45, 2.75) is 66.7 Å². The molecule has 0 N–H and O–H groups in total. The van der Waals surface area contributed by atoms with Crippen molar-refractivity contribution >= 4 is 0 Å². The van der Waals surface area contributed by atoms with Crippen LogP contribution in [-0.2, 0) is 11.2 Å². The molecule has 0 radical (unpaired) electrons. The van der Waals surface area contributed by atoms with E-state index in [0.717, 1.165) is 23.3 Å². The van der Waals surface area contributed by atoms with Crippen molar-refractivity contribution < 1.29 is 39.9 Å². The number of alkyl halides is 6. The van der Waals surface area contributed by atoms with E-state index in [4.69, 9.17) is 0 Å². The summed E-state index contributed by atoms with van der Waals surface area (Å²) in [6, 6.07) is 13.2. The maximum Gasteiger partial charge on any atom is 0.415 e. The number of halogens is 8. The first-order valence-electron chi connectivity index (χ1n) is 12.3. The summed E-state index contributed by atoms with van der Waals surface area (Å²) in [5.74, 6) is -0.812. The quantitative estimate of drug-likeness (QED) is 0.172. The van der Waals surface area contributed by atoms with Crippen LogP contribution in [0.15, 0.2) is 90.5 Å². The standard InChI is InChI=1S/C18H18F2.C10H11F5O.C2H6.CH3F/c1-13-6-8-15(9-7-13)17-11-10-16(18(20)12-17)5-3-4-14(2)19;1-4-8(16-9(3,11)12)6-5-7(2)10(13,14)15;2*1-2/h4,6-12H,3,5H2,1-2H3;4-6H,2H2,1,3H3;1-2H3;1H3/b14-4+;6-5-,8-4+;;. The lowest BCUT2D eigenvalue weighted by molar-refractivity contribution is -0.195. The molecule has 9 heteroatoms. The van der Waals surface area contributed by atoms with Crippen LogP contribution < -0.4 is 0 Å². The number of allylic oxidation sites excluding steroid dienone is 6. The Morgan fingerprint density at radius 3 is 1.88 bits per heavy atom. The van der Waals surface area contributed by atoms with Crippen molar-refractivity contribution in [3.8, 4) is 11.1 Å². The van der Waals surface area contributed by atoms with Crippen LogP contribution in [0.2, 0.25) is 0 Å². The van der Waals surface area contributed by atoms with E-state index >= 15 is 0 Å². The number of benzene rings is 2. The summed E-state index contributed by atoms with van der Waals surface area (Å²) in [6.07, 6.45) is -3.03. The Balaban J connectivity index is 0. The van der Waals surface area contributed by atoms with Gasteiger partial charge in [0, 0.05) is 12.5 Å². The van der Waals surface area contributed by atoms with Gasteiger partial charge < -0.3 is 4.74 Å². The number of hydrogen-bond donors (Lipinski definition) is 0. The largest absolute Gasteiger partial charge is 0.433 e. The fraction of sp³-hybridized carbons (Fsp3) is 0.355. The predicted molar refractivity (Wildman–Crippen MR) is 148 cm³/mol. The lowest BCUT2D eigenvalue weighted by atomic mass is 10.0. The average Bonchev–Trinajstić information content (AvgIpc) is 2.89. The molecule has 2 aromatic rings. The number of aryl methyl sites for hydroxylation is 2. The molecule has 0 aromatic heterocycles. The molecule has 40 heavy (non-hydrogen) atoms. The zero-order valence-electron chi connectivity index (χ0n) is 23.9. The third-order valence-corrected chi connectivity index (χ3v) is 4.67. The molecule has 1 nitrogen and oxygen atoms in total. The van der Waals surface area contributed by atoms with Gasteiger partial charge in [0.25, 0.3) is 0 Å². The van der Waals surface area contributed by atoms with Gasteiger partial charge in [0.1, 0.15) is 11.6 Å². The van der Waals surface area contributed by atoms with Gasteiger partial charge in [-0.05, 0) is 74.6 Å². The normalized spacial score (nSPS) is 11.9. The Morgan fingerprint density at radius 2 is 1.45 bits per heavy atom. The predicted octanol–water partition coefficient (Wildman–Crippen LogP) is 11.4. The van der Waals surface area contributed by atoms with Gasteiger partial charge in [0.2, 0.25) is 0 Å². The van der Waals surface area contributed by atoms with Crippen molar-refractivity contribution in [2.24, 2.45) is 0 Å². The molecule has 0 unspecified atom stereocenters.